The van der Waals surface area contributed by atoms with Gasteiger partial charge in [0.25, 0.3) is 0 Å². The van der Waals surface area contributed by atoms with Crippen LogP contribution in [0.3, 0.4) is 0 Å². The molecule has 4 saturated carbocycles. The van der Waals surface area contributed by atoms with Crippen molar-refractivity contribution in [3.63, 3.8) is 0 Å². The average Bonchev–Trinajstić information content (AvgIpc) is 3.13. The number of carbonyl (C=O) groups is 1. The van der Waals surface area contributed by atoms with Crippen molar-refractivity contribution < 1.29 is 14.6 Å². The molecule has 4 fully saturated rings. The number of benzene rings is 1. The molecule has 4 aliphatic rings. The van der Waals surface area contributed by atoms with E-state index in [2.05, 4.69) is 26.0 Å². The molecule has 0 radical (unpaired) electrons. The van der Waals surface area contributed by atoms with Crippen LogP contribution in [0.15, 0.2) is 30.3 Å². The fourth-order valence-electron chi connectivity index (χ4n) is 9.05. The van der Waals surface area contributed by atoms with Crippen LogP contribution in [-0.2, 0) is 16.1 Å². The second-order valence-electron chi connectivity index (χ2n) is 12.3. The number of ether oxygens (including phenoxy) is 1. The number of carbonyl (C=O) groups excluding carboxylic acids is 1. The summed E-state index contributed by atoms with van der Waals surface area (Å²) in [6.07, 6.45) is 10.2. The summed E-state index contributed by atoms with van der Waals surface area (Å²) in [5.41, 5.74) is 1.06. The number of hydrogen-bond donors (Lipinski definition) is 1. The topological polar surface area (TPSA) is 46.5 Å². The zero-order valence-corrected chi connectivity index (χ0v) is 20.3. The molecule has 1 aromatic rings. The molecule has 0 aromatic heterocycles. The maximum atomic E-state index is 12.4. The Morgan fingerprint density at radius 3 is 2.47 bits per heavy atom. The minimum Gasteiger partial charge on any atom is -0.387 e. The van der Waals surface area contributed by atoms with Gasteiger partial charge in [-0.1, -0.05) is 44.2 Å². The van der Waals surface area contributed by atoms with Crippen molar-refractivity contribution in [2.24, 2.45) is 40.4 Å². The van der Waals surface area contributed by atoms with E-state index in [9.17, 15) is 9.90 Å². The quantitative estimate of drug-likeness (QED) is 0.597. The van der Waals surface area contributed by atoms with Gasteiger partial charge in [-0.3, -0.25) is 4.79 Å². The highest BCUT2D eigenvalue weighted by molar-refractivity contribution is 5.79. The highest BCUT2D eigenvalue weighted by atomic mass is 16.5. The van der Waals surface area contributed by atoms with Crippen molar-refractivity contribution in [1.29, 1.82) is 0 Å². The van der Waals surface area contributed by atoms with Gasteiger partial charge in [-0.15, -0.1) is 0 Å². The Labute approximate surface area is 194 Å². The van der Waals surface area contributed by atoms with Gasteiger partial charge in [-0.25, -0.2) is 0 Å². The summed E-state index contributed by atoms with van der Waals surface area (Å²) in [6.45, 7) is 7.82. The van der Waals surface area contributed by atoms with Crippen molar-refractivity contribution in [2.45, 2.75) is 90.8 Å². The molecule has 0 saturated heterocycles. The first-order valence-electron chi connectivity index (χ1n) is 13.1. The van der Waals surface area contributed by atoms with Crippen molar-refractivity contribution in [1.82, 2.24) is 0 Å². The summed E-state index contributed by atoms with van der Waals surface area (Å²) >= 11 is 0. The van der Waals surface area contributed by atoms with E-state index in [0.29, 0.717) is 30.3 Å². The fraction of sp³-hybridized carbons (Fsp3) is 0.759. The predicted octanol–water partition coefficient (Wildman–Crippen LogP) is 6.18. The summed E-state index contributed by atoms with van der Waals surface area (Å²) in [5.74, 6) is 3.57. The lowest BCUT2D eigenvalue weighted by Crippen LogP contribution is -2.56. The van der Waals surface area contributed by atoms with Crippen LogP contribution in [0.25, 0.3) is 0 Å². The Hall–Kier alpha value is -1.19. The molecule has 3 nitrogen and oxygen atoms in total. The maximum Gasteiger partial charge on any atom is 0.133 e. The second kappa shape index (κ2) is 8.24. The molecule has 8 atom stereocenters. The van der Waals surface area contributed by atoms with Gasteiger partial charge >= 0.3 is 0 Å². The van der Waals surface area contributed by atoms with Crippen LogP contribution in [0.4, 0.5) is 0 Å². The van der Waals surface area contributed by atoms with Crippen molar-refractivity contribution in [3.8, 4) is 0 Å². The summed E-state index contributed by atoms with van der Waals surface area (Å²) in [4.78, 5) is 12.4. The molecule has 5 rings (SSSR count). The van der Waals surface area contributed by atoms with Crippen LogP contribution in [0.2, 0.25) is 0 Å². The molecule has 1 aromatic carbocycles. The minimum absolute atomic E-state index is 0.233. The zero-order valence-electron chi connectivity index (χ0n) is 20.3. The average molecular weight is 439 g/mol. The lowest BCUT2D eigenvalue weighted by molar-refractivity contribution is -0.167. The number of Topliss-reactive ketones (excluding diaryl/α,β-unsaturated/α-hetero) is 1. The van der Waals surface area contributed by atoms with E-state index in [1.165, 1.54) is 37.7 Å². The number of fused-ring (bicyclic) bond motifs is 5. The molecular formula is C29H42O3. The van der Waals surface area contributed by atoms with E-state index in [-0.39, 0.29) is 11.3 Å². The van der Waals surface area contributed by atoms with Gasteiger partial charge in [-0.2, -0.15) is 0 Å². The van der Waals surface area contributed by atoms with Gasteiger partial charge in [-0.05, 0) is 105 Å². The molecule has 0 amide bonds. The van der Waals surface area contributed by atoms with Crippen LogP contribution in [0.1, 0.15) is 84.1 Å². The van der Waals surface area contributed by atoms with Crippen molar-refractivity contribution in [2.75, 3.05) is 6.61 Å². The Morgan fingerprint density at radius 2 is 1.72 bits per heavy atom. The summed E-state index contributed by atoms with van der Waals surface area (Å²) in [5, 5.41) is 11.4. The van der Waals surface area contributed by atoms with Gasteiger partial charge in [0.05, 0.1) is 18.8 Å². The molecule has 176 valence electrons. The maximum absolute atomic E-state index is 12.4. The van der Waals surface area contributed by atoms with Gasteiger partial charge in [0.2, 0.25) is 0 Å². The molecule has 0 spiro atoms. The van der Waals surface area contributed by atoms with E-state index < -0.39 is 5.60 Å². The predicted molar refractivity (Wildman–Crippen MR) is 127 cm³/mol. The fourth-order valence-corrected chi connectivity index (χ4v) is 9.05. The Bertz CT molecular complexity index is 836. The lowest BCUT2D eigenvalue weighted by atomic mass is 9.44. The normalized spacial score (nSPS) is 45.6. The molecule has 0 aliphatic heterocycles. The Kier molecular flexibility index (Phi) is 5.82. The lowest BCUT2D eigenvalue weighted by Gasteiger charge is -2.62. The number of hydrogen-bond acceptors (Lipinski definition) is 3. The smallest absolute Gasteiger partial charge is 0.133 e. The first kappa shape index (κ1) is 22.6. The third-order valence-corrected chi connectivity index (χ3v) is 10.8. The molecule has 1 N–H and O–H groups in total. The van der Waals surface area contributed by atoms with E-state index in [4.69, 9.17) is 4.74 Å². The SMILES string of the molecule is CC(=O)[C@H]1CCC2C3CC[C@H]4C[C@@](O)(COCc5ccccc5)CC[C@]4(C)C3CC[C@@]21C. The third kappa shape index (κ3) is 3.68. The summed E-state index contributed by atoms with van der Waals surface area (Å²) in [7, 11) is 0. The van der Waals surface area contributed by atoms with Gasteiger partial charge in [0.15, 0.2) is 0 Å². The summed E-state index contributed by atoms with van der Waals surface area (Å²) in [6, 6.07) is 10.3. The Balaban J connectivity index is 1.25. The van der Waals surface area contributed by atoms with E-state index >= 15 is 0 Å². The highest BCUT2D eigenvalue weighted by Crippen LogP contribution is 2.68. The molecule has 4 aliphatic carbocycles. The van der Waals surface area contributed by atoms with Crippen molar-refractivity contribution >= 4 is 5.78 Å². The number of aliphatic hydroxyl groups is 1. The van der Waals surface area contributed by atoms with Crippen molar-refractivity contribution in [3.05, 3.63) is 35.9 Å². The molecule has 0 heterocycles. The van der Waals surface area contributed by atoms with Crippen LogP contribution >= 0.6 is 0 Å². The van der Waals surface area contributed by atoms with Gasteiger partial charge < -0.3 is 9.84 Å². The summed E-state index contributed by atoms with van der Waals surface area (Å²) < 4.78 is 6.00. The van der Waals surface area contributed by atoms with E-state index in [1.54, 1.807) is 0 Å². The van der Waals surface area contributed by atoms with Gasteiger partial charge in [0, 0.05) is 5.92 Å². The Morgan fingerprint density at radius 1 is 0.969 bits per heavy atom. The van der Waals surface area contributed by atoms with Crippen LogP contribution < -0.4 is 0 Å². The largest absolute Gasteiger partial charge is 0.387 e. The van der Waals surface area contributed by atoms with Crippen LogP contribution in [0, 0.1) is 40.4 Å². The second-order valence-corrected chi connectivity index (χ2v) is 12.3. The van der Waals surface area contributed by atoms with Gasteiger partial charge in [0.1, 0.15) is 5.78 Å². The third-order valence-electron chi connectivity index (χ3n) is 10.8. The first-order chi connectivity index (χ1) is 15.3. The molecule has 0 bridgehead atoms. The molecule has 32 heavy (non-hydrogen) atoms. The highest BCUT2D eigenvalue weighted by Gasteiger charge is 2.61. The van der Waals surface area contributed by atoms with E-state index in [1.807, 2.05) is 25.1 Å². The monoisotopic (exact) mass is 438 g/mol. The first-order valence-corrected chi connectivity index (χ1v) is 13.1. The zero-order chi connectivity index (χ0) is 22.6. The number of rotatable bonds is 5. The molecule has 3 unspecified atom stereocenters. The van der Waals surface area contributed by atoms with Crippen LogP contribution in [-0.4, -0.2) is 23.1 Å². The molecular weight excluding hydrogens is 396 g/mol. The minimum atomic E-state index is -0.679. The number of ketones is 1. The van der Waals surface area contributed by atoms with Crippen LogP contribution in [0.5, 0.6) is 0 Å². The standard InChI is InChI=1S/C29H42O3/c1-20(30)24-11-12-25-23-10-9-22-17-29(31,19-32-18-21-7-5-4-6-8-21)16-15-27(22,2)26(23)13-14-28(24,25)3/h4-8,22-26,31H,9-19H2,1-3H3/t22-,23?,24+,25?,26?,27-,28+,29+/m0/s1. The van der Waals surface area contributed by atoms with E-state index in [0.717, 1.165) is 43.4 Å². The molecule has 3 heteroatoms.